The number of hydrogen-bond donors (Lipinski definition) is 3. The van der Waals surface area contributed by atoms with E-state index in [-0.39, 0.29) is 35.6 Å². The van der Waals surface area contributed by atoms with Crippen molar-refractivity contribution in [1.29, 1.82) is 0 Å². The number of hydrogen-bond acceptors (Lipinski definition) is 4. The number of phenols is 1. The number of aromatic hydroxyl groups is 1. The van der Waals surface area contributed by atoms with Gasteiger partial charge < -0.3 is 20.6 Å². The van der Waals surface area contributed by atoms with Crippen molar-refractivity contribution >= 4 is 47.6 Å². The summed E-state index contributed by atoms with van der Waals surface area (Å²) in [5, 5.41) is 16.4. The van der Waals surface area contributed by atoms with Gasteiger partial charge in [0.15, 0.2) is 5.96 Å². The fourth-order valence-corrected chi connectivity index (χ4v) is 4.77. The zero-order valence-electron chi connectivity index (χ0n) is 17.1. The van der Waals surface area contributed by atoms with E-state index in [4.69, 9.17) is 0 Å². The fourth-order valence-electron chi connectivity index (χ4n) is 3.87. The topological polar surface area (TPSA) is 77.0 Å². The summed E-state index contributed by atoms with van der Waals surface area (Å²) in [5.41, 5.74) is 0.978. The molecule has 0 spiro atoms. The molecule has 6 nitrogen and oxygen atoms in total. The lowest BCUT2D eigenvalue weighted by Gasteiger charge is -2.34. The van der Waals surface area contributed by atoms with Gasteiger partial charge in [-0.2, -0.15) is 11.8 Å². The molecule has 2 fully saturated rings. The third kappa shape index (κ3) is 7.55. The molecule has 1 aromatic rings. The molecule has 0 bridgehead atoms. The van der Waals surface area contributed by atoms with Crippen molar-refractivity contribution in [1.82, 2.24) is 15.5 Å². The lowest BCUT2D eigenvalue weighted by atomic mass is 9.85. The van der Waals surface area contributed by atoms with Crippen molar-refractivity contribution < 1.29 is 9.90 Å². The number of carbonyl (C=O) groups excluding carboxylic acids is 1. The summed E-state index contributed by atoms with van der Waals surface area (Å²) >= 11 is 1.94. The van der Waals surface area contributed by atoms with Gasteiger partial charge >= 0.3 is 0 Å². The second-order valence-electron chi connectivity index (χ2n) is 7.50. The number of aliphatic imine (C=N–C) groups is 1. The monoisotopic (exact) mass is 532 g/mol. The molecule has 8 heteroatoms. The summed E-state index contributed by atoms with van der Waals surface area (Å²) in [7, 11) is 0. The van der Waals surface area contributed by atoms with Crippen LogP contribution in [0.5, 0.6) is 5.75 Å². The highest BCUT2D eigenvalue weighted by atomic mass is 127. The minimum absolute atomic E-state index is 0. The maximum Gasteiger partial charge on any atom is 0.225 e. The first-order valence-electron chi connectivity index (χ1n) is 10.3. The van der Waals surface area contributed by atoms with Crippen LogP contribution >= 0.6 is 35.7 Å². The molecule has 0 atom stereocenters. The number of halogens is 1. The van der Waals surface area contributed by atoms with E-state index in [1.54, 1.807) is 12.1 Å². The van der Waals surface area contributed by atoms with Crippen LogP contribution in [0.4, 0.5) is 0 Å². The highest BCUT2D eigenvalue weighted by Gasteiger charge is 2.30. The molecule has 29 heavy (non-hydrogen) atoms. The molecule has 3 N–H and O–H groups in total. The second-order valence-corrected chi connectivity index (χ2v) is 8.72. The molecule has 0 aromatic heterocycles. The second kappa shape index (κ2) is 12.5. The van der Waals surface area contributed by atoms with Crippen molar-refractivity contribution in [2.45, 2.75) is 45.2 Å². The van der Waals surface area contributed by atoms with E-state index in [1.807, 2.05) is 23.9 Å². The van der Waals surface area contributed by atoms with Crippen molar-refractivity contribution in [3.8, 4) is 5.75 Å². The van der Waals surface area contributed by atoms with E-state index in [9.17, 15) is 9.90 Å². The average Bonchev–Trinajstić information content (AvgIpc) is 2.73. The standard InChI is InChI=1S/C21H32N4O2S.HI/c1-2-22-21(23-15-16-4-3-5-19(26)14-16)24-18-8-6-17(7-9-18)20(27)25-10-12-28-13-11-25;/h3-5,14,17-18,26H,2,6-13,15H2,1H3,(H2,22,23,24);1H. The van der Waals surface area contributed by atoms with Gasteiger partial charge in [0, 0.05) is 43.1 Å². The maximum atomic E-state index is 12.7. The molecule has 1 aliphatic heterocycles. The summed E-state index contributed by atoms with van der Waals surface area (Å²) in [5.74, 6) is 3.76. The lowest BCUT2D eigenvalue weighted by molar-refractivity contribution is -0.136. The van der Waals surface area contributed by atoms with Crippen LogP contribution in [0, 0.1) is 5.92 Å². The van der Waals surface area contributed by atoms with Gasteiger partial charge in [-0.05, 0) is 50.3 Å². The Labute approximate surface area is 195 Å². The number of benzene rings is 1. The average molecular weight is 532 g/mol. The lowest BCUT2D eigenvalue weighted by Crippen LogP contribution is -2.47. The van der Waals surface area contributed by atoms with E-state index in [2.05, 4.69) is 27.4 Å². The Hall–Kier alpha value is -1.16. The van der Waals surface area contributed by atoms with Gasteiger partial charge in [0.1, 0.15) is 5.75 Å². The highest BCUT2D eigenvalue weighted by molar-refractivity contribution is 14.0. The van der Waals surface area contributed by atoms with Crippen LogP contribution < -0.4 is 10.6 Å². The molecular formula is C21H33IN4O2S. The predicted molar refractivity (Wildman–Crippen MR) is 131 cm³/mol. The maximum absolute atomic E-state index is 12.7. The zero-order valence-corrected chi connectivity index (χ0v) is 20.2. The van der Waals surface area contributed by atoms with Gasteiger partial charge in [-0.15, -0.1) is 24.0 Å². The number of nitrogens with one attached hydrogen (secondary N) is 2. The Balaban J connectivity index is 0.00000300. The Morgan fingerprint density at radius 3 is 2.62 bits per heavy atom. The van der Waals surface area contributed by atoms with Crippen LogP contribution in [0.2, 0.25) is 0 Å². The summed E-state index contributed by atoms with van der Waals surface area (Å²) in [6, 6.07) is 7.55. The first kappa shape index (κ1) is 24.1. The van der Waals surface area contributed by atoms with E-state index < -0.39 is 0 Å². The zero-order chi connectivity index (χ0) is 19.8. The Morgan fingerprint density at radius 1 is 1.24 bits per heavy atom. The molecule has 1 aliphatic carbocycles. The number of nitrogens with zero attached hydrogens (tertiary/aromatic N) is 2. The molecule has 1 saturated carbocycles. The molecule has 2 aliphatic rings. The Morgan fingerprint density at radius 2 is 1.97 bits per heavy atom. The van der Waals surface area contributed by atoms with Crippen molar-refractivity contribution in [2.75, 3.05) is 31.1 Å². The predicted octanol–water partition coefficient (Wildman–Crippen LogP) is 3.20. The normalized spacial score (nSPS) is 22.5. The van der Waals surface area contributed by atoms with Crippen LogP contribution in [-0.2, 0) is 11.3 Å². The van der Waals surface area contributed by atoms with Crippen LogP contribution in [0.15, 0.2) is 29.3 Å². The van der Waals surface area contributed by atoms with Gasteiger partial charge in [0.25, 0.3) is 0 Å². The first-order chi connectivity index (χ1) is 13.7. The quantitative estimate of drug-likeness (QED) is 0.309. The van der Waals surface area contributed by atoms with Crippen molar-refractivity contribution in [3.63, 3.8) is 0 Å². The Bertz CT molecular complexity index is 674. The third-order valence-electron chi connectivity index (χ3n) is 5.41. The number of carbonyl (C=O) groups is 1. The fraction of sp³-hybridized carbons (Fsp3) is 0.619. The SMILES string of the molecule is CCNC(=NCc1cccc(O)c1)NC1CCC(C(=O)N2CCSCC2)CC1.I. The molecule has 0 unspecified atom stereocenters. The van der Waals surface area contributed by atoms with Crippen molar-refractivity contribution in [3.05, 3.63) is 29.8 Å². The first-order valence-corrected chi connectivity index (χ1v) is 11.5. The molecule has 1 heterocycles. The largest absolute Gasteiger partial charge is 0.508 e. The Kier molecular flexibility index (Phi) is 10.4. The molecule has 1 aromatic carbocycles. The third-order valence-corrected chi connectivity index (χ3v) is 6.36. The minimum Gasteiger partial charge on any atom is -0.508 e. The van der Waals surface area contributed by atoms with Gasteiger partial charge in [0.2, 0.25) is 5.91 Å². The van der Waals surface area contributed by atoms with Crippen LogP contribution in [0.1, 0.15) is 38.2 Å². The molecular weight excluding hydrogens is 499 g/mol. The van der Waals surface area contributed by atoms with Crippen molar-refractivity contribution in [2.24, 2.45) is 10.9 Å². The summed E-state index contributed by atoms with van der Waals surface area (Å²) in [6.45, 7) is 5.19. The van der Waals surface area contributed by atoms with Gasteiger partial charge in [-0.3, -0.25) is 4.79 Å². The van der Waals surface area contributed by atoms with Gasteiger partial charge in [-0.1, -0.05) is 12.1 Å². The highest BCUT2D eigenvalue weighted by Crippen LogP contribution is 2.27. The summed E-state index contributed by atoms with van der Waals surface area (Å²) in [6.07, 6.45) is 3.89. The number of phenolic OH excluding ortho intramolecular Hbond substituents is 1. The number of thioether (sulfide) groups is 1. The number of amides is 1. The smallest absolute Gasteiger partial charge is 0.225 e. The van der Waals surface area contributed by atoms with E-state index in [1.165, 1.54) is 0 Å². The van der Waals surface area contributed by atoms with Crippen LogP contribution in [-0.4, -0.2) is 59.1 Å². The van der Waals surface area contributed by atoms with Gasteiger partial charge in [-0.25, -0.2) is 4.99 Å². The van der Waals surface area contributed by atoms with Gasteiger partial charge in [0.05, 0.1) is 6.54 Å². The summed E-state index contributed by atoms with van der Waals surface area (Å²) in [4.78, 5) is 19.4. The molecule has 0 radical (unpaired) electrons. The molecule has 1 amide bonds. The molecule has 1 saturated heterocycles. The van der Waals surface area contributed by atoms with Crippen LogP contribution in [0.25, 0.3) is 0 Å². The summed E-state index contributed by atoms with van der Waals surface area (Å²) < 4.78 is 0. The number of guanidine groups is 1. The van der Waals surface area contributed by atoms with E-state index in [0.29, 0.717) is 18.5 Å². The molecule has 162 valence electrons. The van der Waals surface area contributed by atoms with E-state index in [0.717, 1.165) is 68.3 Å². The minimum atomic E-state index is 0. The van der Waals surface area contributed by atoms with Crippen LogP contribution in [0.3, 0.4) is 0 Å². The van der Waals surface area contributed by atoms with E-state index >= 15 is 0 Å². The number of rotatable bonds is 5. The molecule has 3 rings (SSSR count).